The zero-order valence-electron chi connectivity index (χ0n) is 21.0. The van der Waals surface area contributed by atoms with E-state index in [1.807, 2.05) is 0 Å². The van der Waals surface area contributed by atoms with Crippen molar-refractivity contribution in [3.63, 3.8) is 0 Å². The van der Waals surface area contributed by atoms with E-state index >= 15 is 0 Å². The smallest absolute Gasteiger partial charge is 0.326 e. The summed E-state index contributed by atoms with van der Waals surface area (Å²) in [6.45, 7) is 0.0832. The van der Waals surface area contributed by atoms with Crippen molar-refractivity contribution in [2.45, 2.75) is 56.3 Å². The van der Waals surface area contributed by atoms with Gasteiger partial charge in [-0.15, -0.1) is 0 Å². The van der Waals surface area contributed by atoms with Gasteiger partial charge in [-0.3, -0.25) is 29.0 Å². The van der Waals surface area contributed by atoms with Crippen LogP contribution < -0.4 is 38.9 Å². The van der Waals surface area contributed by atoms with Crippen LogP contribution in [0.25, 0.3) is 0 Å². The van der Waals surface area contributed by atoms with Crippen LogP contribution in [-0.2, 0) is 35.2 Å². The number of guanidine groups is 1. The summed E-state index contributed by atoms with van der Waals surface area (Å²) in [4.78, 5) is 76.1. The monoisotopic (exact) mass is 550 g/mol. The Morgan fingerprint density at radius 2 is 1.36 bits per heavy atom. The third-order valence-electron chi connectivity index (χ3n) is 5.25. The van der Waals surface area contributed by atoms with Gasteiger partial charge in [0, 0.05) is 13.0 Å². The highest BCUT2D eigenvalue weighted by Gasteiger charge is 2.31. The predicted octanol–water partition coefficient (Wildman–Crippen LogP) is -3.50. The lowest BCUT2D eigenvalue weighted by atomic mass is 10.0. The number of nitrogens with two attached hydrogens (primary N) is 4. The summed E-state index contributed by atoms with van der Waals surface area (Å²) >= 11 is 0. The van der Waals surface area contributed by atoms with Gasteiger partial charge in [0.05, 0.1) is 18.9 Å². The molecule has 13 N–H and O–H groups in total. The van der Waals surface area contributed by atoms with Gasteiger partial charge in [-0.1, -0.05) is 30.3 Å². The molecule has 1 aromatic carbocycles. The quantitative estimate of drug-likeness (QED) is 0.0520. The maximum atomic E-state index is 13.3. The molecule has 16 heteroatoms. The van der Waals surface area contributed by atoms with E-state index in [4.69, 9.17) is 28.0 Å². The number of nitrogens with zero attached hydrogens (tertiary/aromatic N) is 1. The van der Waals surface area contributed by atoms with E-state index in [1.165, 1.54) is 0 Å². The van der Waals surface area contributed by atoms with Gasteiger partial charge in [-0.25, -0.2) is 4.79 Å². The molecule has 4 atom stereocenters. The summed E-state index contributed by atoms with van der Waals surface area (Å²) in [5, 5.41) is 25.3. The Labute approximate surface area is 223 Å². The fourth-order valence-electron chi connectivity index (χ4n) is 3.34. The first-order valence-corrected chi connectivity index (χ1v) is 11.8. The zero-order chi connectivity index (χ0) is 29.5. The molecule has 214 valence electrons. The largest absolute Gasteiger partial charge is 0.481 e. The lowest BCUT2D eigenvalue weighted by Crippen LogP contribution is -2.58. The van der Waals surface area contributed by atoms with Gasteiger partial charge in [0.15, 0.2) is 5.96 Å². The van der Waals surface area contributed by atoms with Crippen LogP contribution >= 0.6 is 0 Å². The lowest BCUT2D eigenvalue weighted by molar-refractivity contribution is -0.143. The predicted molar refractivity (Wildman–Crippen MR) is 138 cm³/mol. The number of nitrogens with one attached hydrogen (secondary N) is 3. The molecule has 4 amide bonds. The van der Waals surface area contributed by atoms with Crippen LogP contribution in [0.2, 0.25) is 0 Å². The maximum absolute atomic E-state index is 13.3. The number of primary amides is 1. The molecule has 0 radical (unpaired) electrons. The topological polar surface area (TPSA) is 295 Å². The van der Waals surface area contributed by atoms with Crippen LogP contribution in [0.5, 0.6) is 0 Å². The minimum atomic E-state index is -1.65. The van der Waals surface area contributed by atoms with Crippen LogP contribution in [0.3, 0.4) is 0 Å². The average molecular weight is 551 g/mol. The number of benzene rings is 1. The van der Waals surface area contributed by atoms with Crippen molar-refractivity contribution in [3.05, 3.63) is 35.9 Å². The SMILES string of the molecule is NC(=O)CC(NC(=O)C(CCCN=C(N)N)NC(=O)C(Cc1ccccc1)NC(=O)C(N)CC(=O)O)C(=O)O. The highest BCUT2D eigenvalue weighted by molar-refractivity contribution is 5.95. The molecule has 39 heavy (non-hydrogen) atoms. The molecule has 0 heterocycles. The van der Waals surface area contributed by atoms with Gasteiger partial charge >= 0.3 is 11.9 Å². The van der Waals surface area contributed by atoms with Gasteiger partial charge < -0.3 is 49.1 Å². The van der Waals surface area contributed by atoms with E-state index in [0.29, 0.717) is 5.56 Å². The Hall–Kier alpha value is -4.73. The second kappa shape index (κ2) is 16.2. The molecule has 0 saturated carbocycles. The molecule has 0 aromatic heterocycles. The summed E-state index contributed by atoms with van der Waals surface area (Å²) < 4.78 is 0. The van der Waals surface area contributed by atoms with Crippen molar-refractivity contribution in [3.8, 4) is 0 Å². The molecule has 4 unspecified atom stereocenters. The standard InChI is InChI=1S/C23H34N8O8/c24-13(10-18(33)34)19(35)30-15(9-12-5-2-1-3-6-12)21(37)29-14(7-4-8-28-23(26)27)20(36)31-16(22(38)39)11-17(25)32/h1-3,5-6,13-16H,4,7-11,24H2,(H2,25,32)(H,29,37)(H,30,35)(H,31,36)(H,33,34)(H,38,39)(H4,26,27,28). The van der Waals surface area contributed by atoms with Crippen LogP contribution in [0.4, 0.5) is 0 Å². The number of aliphatic imine (C=N–C) groups is 1. The minimum absolute atomic E-state index is 0.0417. The molecule has 0 bridgehead atoms. The van der Waals surface area contributed by atoms with E-state index in [1.54, 1.807) is 30.3 Å². The summed E-state index contributed by atoms with van der Waals surface area (Å²) in [7, 11) is 0. The number of carboxylic acids is 2. The van der Waals surface area contributed by atoms with Gasteiger partial charge in [0.2, 0.25) is 23.6 Å². The second-order valence-electron chi connectivity index (χ2n) is 8.54. The fourth-order valence-corrected chi connectivity index (χ4v) is 3.34. The number of amides is 4. The third kappa shape index (κ3) is 12.9. The maximum Gasteiger partial charge on any atom is 0.326 e. The van der Waals surface area contributed by atoms with Crippen molar-refractivity contribution in [2.24, 2.45) is 27.9 Å². The highest BCUT2D eigenvalue weighted by Crippen LogP contribution is 2.07. The van der Waals surface area contributed by atoms with Gasteiger partial charge in [-0.2, -0.15) is 0 Å². The molecule has 0 aliphatic carbocycles. The number of carbonyl (C=O) groups excluding carboxylic acids is 4. The third-order valence-corrected chi connectivity index (χ3v) is 5.25. The van der Waals surface area contributed by atoms with E-state index in [2.05, 4.69) is 20.9 Å². The number of hydrogen-bond acceptors (Lipinski definition) is 8. The molecule has 1 rings (SSSR count). The number of aliphatic carboxylic acids is 2. The lowest BCUT2D eigenvalue weighted by Gasteiger charge is -2.25. The molecule has 0 aliphatic rings. The van der Waals surface area contributed by atoms with Crippen LogP contribution in [0.1, 0.15) is 31.2 Å². The van der Waals surface area contributed by atoms with Crippen molar-refractivity contribution < 1.29 is 39.0 Å². The van der Waals surface area contributed by atoms with Crippen molar-refractivity contribution in [1.29, 1.82) is 0 Å². The van der Waals surface area contributed by atoms with Crippen molar-refractivity contribution in [2.75, 3.05) is 6.54 Å². The molecule has 0 aliphatic heterocycles. The van der Waals surface area contributed by atoms with E-state index < -0.39 is 72.6 Å². The first-order valence-electron chi connectivity index (χ1n) is 11.8. The van der Waals surface area contributed by atoms with E-state index in [9.17, 15) is 33.9 Å². The fraction of sp³-hybridized carbons (Fsp3) is 0.435. The minimum Gasteiger partial charge on any atom is -0.481 e. The molecular weight excluding hydrogens is 516 g/mol. The van der Waals surface area contributed by atoms with Gasteiger partial charge in [0.1, 0.15) is 18.1 Å². The number of rotatable bonds is 17. The number of carbonyl (C=O) groups is 6. The van der Waals surface area contributed by atoms with Gasteiger partial charge in [0.25, 0.3) is 0 Å². The van der Waals surface area contributed by atoms with Crippen molar-refractivity contribution in [1.82, 2.24) is 16.0 Å². The summed E-state index contributed by atoms with van der Waals surface area (Å²) in [5.74, 6) is -6.69. The Kier molecular flexibility index (Phi) is 13.4. The van der Waals surface area contributed by atoms with Crippen molar-refractivity contribution >= 4 is 41.5 Å². The summed E-state index contributed by atoms with van der Waals surface area (Å²) in [6, 6.07) is 2.80. The number of carboxylic acid groups (broad SMARTS) is 2. The molecule has 0 spiro atoms. The van der Waals surface area contributed by atoms with Gasteiger partial charge in [-0.05, 0) is 18.4 Å². The van der Waals surface area contributed by atoms with E-state index in [0.717, 1.165) is 0 Å². The Morgan fingerprint density at radius 1 is 0.795 bits per heavy atom. The highest BCUT2D eigenvalue weighted by atomic mass is 16.4. The zero-order valence-corrected chi connectivity index (χ0v) is 21.0. The Morgan fingerprint density at radius 3 is 1.90 bits per heavy atom. The first-order chi connectivity index (χ1) is 18.3. The first kappa shape index (κ1) is 32.3. The van der Waals surface area contributed by atoms with Crippen LogP contribution in [0, 0.1) is 0 Å². The molecule has 0 fully saturated rings. The molecule has 16 nitrogen and oxygen atoms in total. The Balaban J connectivity index is 3.17. The van der Waals surface area contributed by atoms with E-state index in [-0.39, 0.29) is 31.8 Å². The molecular formula is C23H34N8O8. The second-order valence-corrected chi connectivity index (χ2v) is 8.54. The normalized spacial score (nSPS) is 13.6. The summed E-state index contributed by atoms with van der Waals surface area (Å²) in [6.07, 6.45) is -1.29. The average Bonchev–Trinajstić information content (AvgIpc) is 2.84. The molecule has 1 aromatic rings. The number of hydrogen-bond donors (Lipinski definition) is 9. The Bertz CT molecular complexity index is 1060. The molecule has 0 saturated heterocycles. The van der Waals surface area contributed by atoms with Crippen LogP contribution in [0.15, 0.2) is 35.3 Å². The van der Waals surface area contributed by atoms with Crippen LogP contribution in [-0.4, -0.2) is 82.5 Å². The summed E-state index contributed by atoms with van der Waals surface area (Å²) in [5.41, 5.74) is 21.9.